The van der Waals surface area contributed by atoms with Crippen LogP contribution in [-0.4, -0.2) is 33.4 Å². The van der Waals surface area contributed by atoms with E-state index in [0.717, 1.165) is 0 Å². The zero-order valence-corrected chi connectivity index (χ0v) is 18.6. The minimum atomic E-state index is -2.13. The minimum Gasteiger partial charge on any atom is -0.410 e. The van der Waals surface area contributed by atoms with Crippen LogP contribution in [0.5, 0.6) is 0 Å². The standard InChI is InChI=1S/C19H29ClN4O2Si/c1-12(25)24-19(14-7-13(9-21)8-15(22)17(14)20)11-23-10-16(19)26-27(5,6)18(2,3)4/h7-8,16,23H,10-11,22H2,1-6H3,(H,24,25)/t16-,19+/m1/s1. The topological polar surface area (TPSA) is 100 Å². The summed E-state index contributed by atoms with van der Waals surface area (Å²) in [5.41, 5.74) is 6.49. The number of anilines is 1. The lowest BCUT2D eigenvalue weighted by Crippen LogP contribution is -2.58. The van der Waals surface area contributed by atoms with E-state index in [2.05, 4.69) is 50.6 Å². The van der Waals surface area contributed by atoms with Gasteiger partial charge in [-0.25, -0.2) is 0 Å². The van der Waals surface area contributed by atoms with Crippen LogP contribution in [0.3, 0.4) is 0 Å². The van der Waals surface area contributed by atoms with E-state index in [0.29, 0.717) is 34.9 Å². The molecule has 8 heteroatoms. The van der Waals surface area contributed by atoms with Crippen molar-refractivity contribution in [2.45, 2.75) is 57.5 Å². The van der Waals surface area contributed by atoms with Crippen LogP contribution in [0.25, 0.3) is 0 Å². The normalized spacial score (nSPS) is 23.1. The molecule has 1 aromatic rings. The number of nitrogens with two attached hydrogens (primary N) is 1. The monoisotopic (exact) mass is 408 g/mol. The minimum absolute atomic E-state index is 0.00881. The summed E-state index contributed by atoms with van der Waals surface area (Å²) < 4.78 is 6.68. The molecule has 1 saturated heterocycles. The zero-order chi connectivity index (χ0) is 20.6. The average Bonchev–Trinajstić information content (AvgIpc) is 2.90. The number of hydrogen-bond acceptors (Lipinski definition) is 5. The van der Waals surface area contributed by atoms with Crippen molar-refractivity contribution in [3.8, 4) is 6.07 Å². The van der Waals surface area contributed by atoms with E-state index in [4.69, 9.17) is 21.8 Å². The summed E-state index contributed by atoms with van der Waals surface area (Å²) >= 11 is 6.54. The molecule has 4 N–H and O–H groups in total. The molecule has 0 spiro atoms. The summed E-state index contributed by atoms with van der Waals surface area (Å²) in [5, 5.41) is 16.1. The Bertz CT molecular complexity index is 785. The molecule has 2 atom stereocenters. The first-order chi connectivity index (χ1) is 12.3. The maximum absolute atomic E-state index is 12.1. The van der Waals surface area contributed by atoms with E-state index in [1.807, 2.05) is 0 Å². The third kappa shape index (κ3) is 4.14. The molecule has 1 aliphatic heterocycles. The highest BCUT2D eigenvalue weighted by molar-refractivity contribution is 6.74. The number of nitrogens with one attached hydrogen (secondary N) is 2. The number of amides is 1. The number of carbonyl (C=O) groups excluding carboxylic acids is 1. The van der Waals surface area contributed by atoms with Gasteiger partial charge in [-0.3, -0.25) is 4.79 Å². The molecule has 0 saturated carbocycles. The van der Waals surface area contributed by atoms with Crippen LogP contribution in [0.4, 0.5) is 5.69 Å². The number of benzene rings is 1. The van der Waals surface area contributed by atoms with Crippen molar-refractivity contribution < 1.29 is 9.22 Å². The summed E-state index contributed by atoms with van der Waals surface area (Å²) in [5.74, 6) is -0.195. The third-order valence-electron chi connectivity index (χ3n) is 5.64. The largest absolute Gasteiger partial charge is 0.410 e. The highest BCUT2D eigenvalue weighted by Crippen LogP contribution is 2.43. The smallest absolute Gasteiger partial charge is 0.217 e. The maximum atomic E-state index is 12.1. The van der Waals surface area contributed by atoms with Gasteiger partial charge in [-0.1, -0.05) is 32.4 Å². The molecule has 0 unspecified atom stereocenters. The highest BCUT2D eigenvalue weighted by atomic mass is 35.5. The first-order valence-corrected chi connectivity index (χ1v) is 12.3. The molecule has 0 aromatic heterocycles. The first kappa shape index (κ1) is 21.7. The summed E-state index contributed by atoms with van der Waals surface area (Å²) in [6, 6.07) is 5.35. The van der Waals surface area contributed by atoms with Crippen molar-refractivity contribution in [3.05, 3.63) is 28.3 Å². The molecule has 148 valence electrons. The van der Waals surface area contributed by atoms with Gasteiger partial charge in [-0.15, -0.1) is 0 Å². The van der Waals surface area contributed by atoms with Crippen molar-refractivity contribution in [2.24, 2.45) is 0 Å². The average molecular weight is 409 g/mol. The van der Waals surface area contributed by atoms with Crippen molar-refractivity contribution >= 4 is 31.5 Å². The first-order valence-electron chi connectivity index (χ1n) is 9.01. The number of nitrogen functional groups attached to an aromatic ring is 1. The second-order valence-corrected chi connectivity index (χ2v) is 13.8. The third-order valence-corrected chi connectivity index (χ3v) is 10.5. The lowest BCUT2D eigenvalue weighted by Gasteiger charge is -2.44. The van der Waals surface area contributed by atoms with Crippen LogP contribution in [-0.2, 0) is 14.8 Å². The van der Waals surface area contributed by atoms with Gasteiger partial charge in [0.05, 0.1) is 28.4 Å². The van der Waals surface area contributed by atoms with Gasteiger partial charge >= 0.3 is 0 Å². The Kier molecular flexibility index (Phi) is 5.98. The Morgan fingerprint density at radius 1 is 1.48 bits per heavy atom. The van der Waals surface area contributed by atoms with E-state index >= 15 is 0 Å². The van der Waals surface area contributed by atoms with Crippen LogP contribution >= 0.6 is 11.6 Å². The van der Waals surface area contributed by atoms with Crippen LogP contribution in [0.15, 0.2) is 12.1 Å². The maximum Gasteiger partial charge on any atom is 0.217 e. The van der Waals surface area contributed by atoms with Gasteiger partial charge in [0, 0.05) is 25.6 Å². The van der Waals surface area contributed by atoms with E-state index in [9.17, 15) is 10.1 Å². The molecule has 1 fully saturated rings. The predicted octanol–water partition coefficient (Wildman–Crippen LogP) is 3.12. The molecule has 1 heterocycles. The van der Waals surface area contributed by atoms with Crippen molar-refractivity contribution in [1.82, 2.24) is 10.6 Å². The van der Waals surface area contributed by atoms with Gasteiger partial charge in [0.1, 0.15) is 5.54 Å². The van der Waals surface area contributed by atoms with Gasteiger partial charge in [0.15, 0.2) is 8.32 Å². The molecule has 0 bridgehead atoms. The Hall–Kier alpha value is -1.59. The fraction of sp³-hybridized carbons (Fsp3) is 0.579. The fourth-order valence-electron chi connectivity index (χ4n) is 3.17. The molecule has 0 aliphatic carbocycles. The van der Waals surface area contributed by atoms with Gasteiger partial charge in [-0.2, -0.15) is 5.26 Å². The Labute approximate surface area is 167 Å². The predicted molar refractivity (Wildman–Crippen MR) is 111 cm³/mol. The number of nitriles is 1. The number of nitrogens with zero attached hydrogens (tertiary/aromatic N) is 1. The van der Waals surface area contributed by atoms with E-state index in [-0.39, 0.29) is 17.0 Å². The molecule has 6 nitrogen and oxygen atoms in total. The molecule has 0 radical (unpaired) electrons. The van der Waals surface area contributed by atoms with E-state index < -0.39 is 13.9 Å². The van der Waals surface area contributed by atoms with Crippen LogP contribution < -0.4 is 16.4 Å². The van der Waals surface area contributed by atoms with Crippen LogP contribution in [0.1, 0.15) is 38.8 Å². The molecule has 27 heavy (non-hydrogen) atoms. The Morgan fingerprint density at radius 2 is 2.11 bits per heavy atom. The van der Waals surface area contributed by atoms with Gasteiger partial charge in [-0.05, 0) is 30.3 Å². The van der Waals surface area contributed by atoms with Crippen LogP contribution in [0, 0.1) is 11.3 Å². The second-order valence-electron chi connectivity index (χ2n) is 8.69. The molecule has 1 amide bonds. The quantitative estimate of drug-likeness (QED) is 0.525. The molecule has 2 rings (SSSR count). The Morgan fingerprint density at radius 3 is 2.63 bits per heavy atom. The summed E-state index contributed by atoms with van der Waals surface area (Å²) in [6.45, 7) is 13.3. The van der Waals surface area contributed by atoms with Gasteiger partial charge < -0.3 is 20.8 Å². The number of halogens is 1. The molecular formula is C19H29ClN4O2Si. The van der Waals surface area contributed by atoms with Crippen molar-refractivity contribution in [2.75, 3.05) is 18.8 Å². The number of carbonyl (C=O) groups is 1. The second kappa shape index (κ2) is 7.44. The summed E-state index contributed by atoms with van der Waals surface area (Å²) in [7, 11) is -2.13. The van der Waals surface area contributed by atoms with Gasteiger partial charge in [0.2, 0.25) is 5.91 Å². The lowest BCUT2D eigenvalue weighted by molar-refractivity contribution is -0.121. The molecule has 1 aromatic carbocycles. The van der Waals surface area contributed by atoms with Crippen molar-refractivity contribution in [3.63, 3.8) is 0 Å². The fourth-order valence-corrected chi connectivity index (χ4v) is 4.80. The van der Waals surface area contributed by atoms with Crippen molar-refractivity contribution in [1.29, 1.82) is 5.26 Å². The summed E-state index contributed by atoms with van der Waals surface area (Å²) in [4.78, 5) is 12.1. The Balaban J connectivity index is 2.62. The zero-order valence-electron chi connectivity index (χ0n) is 16.9. The highest BCUT2D eigenvalue weighted by Gasteiger charge is 2.51. The SMILES string of the molecule is CC(=O)N[C@]1(c2cc(C#N)cc(N)c2Cl)CNC[C@H]1O[Si](C)(C)C(C)(C)C. The molecular weight excluding hydrogens is 380 g/mol. The number of hydrogen-bond donors (Lipinski definition) is 3. The van der Waals surface area contributed by atoms with E-state index in [1.54, 1.807) is 12.1 Å². The molecule has 1 aliphatic rings. The van der Waals surface area contributed by atoms with E-state index in [1.165, 1.54) is 6.92 Å². The number of rotatable bonds is 4. The summed E-state index contributed by atoms with van der Waals surface area (Å²) in [6.07, 6.45) is -0.326. The van der Waals surface area contributed by atoms with Gasteiger partial charge in [0.25, 0.3) is 0 Å². The lowest BCUT2D eigenvalue weighted by atomic mass is 9.85. The van der Waals surface area contributed by atoms with Crippen LogP contribution in [0.2, 0.25) is 23.2 Å².